The fourth-order valence-corrected chi connectivity index (χ4v) is 4.01. The maximum atomic E-state index is 12.6. The largest absolute Gasteiger partial charge is 0.370 e. The molecule has 0 radical (unpaired) electrons. The van der Waals surface area contributed by atoms with Crippen molar-refractivity contribution < 1.29 is 9.72 Å². The molecular weight excluding hydrogens is 320 g/mol. The van der Waals surface area contributed by atoms with Gasteiger partial charge in [-0.3, -0.25) is 14.9 Å². The van der Waals surface area contributed by atoms with Gasteiger partial charge in [0.05, 0.1) is 17.1 Å². The third kappa shape index (κ3) is 3.15. The number of carbonyl (C=O) groups excluding carboxylic acids is 1. The van der Waals surface area contributed by atoms with E-state index in [0.29, 0.717) is 6.42 Å². The lowest BCUT2D eigenvalue weighted by Gasteiger charge is -2.27. The molecule has 25 heavy (non-hydrogen) atoms. The third-order valence-corrected chi connectivity index (χ3v) is 5.53. The first kappa shape index (κ1) is 16.2. The number of hydrogen-bond acceptors (Lipinski definition) is 5. The molecule has 1 aromatic carbocycles. The Labute approximate surface area is 147 Å². The van der Waals surface area contributed by atoms with Gasteiger partial charge in [0, 0.05) is 37.5 Å². The van der Waals surface area contributed by atoms with Crippen LogP contribution >= 0.6 is 0 Å². The highest BCUT2D eigenvalue weighted by molar-refractivity contribution is 6.01. The van der Waals surface area contributed by atoms with Crippen molar-refractivity contribution in [2.24, 2.45) is 5.92 Å². The number of nitro groups is 1. The summed E-state index contributed by atoms with van der Waals surface area (Å²) in [4.78, 5) is 27.8. The zero-order chi connectivity index (χ0) is 17.4. The van der Waals surface area contributed by atoms with Crippen LogP contribution in [-0.4, -0.2) is 43.1 Å². The van der Waals surface area contributed by atoms with Crippen LogP contribution in [0, 0.1) is 16.0 Å². The average Bonchev–Trinajstić information content (AvgIpc) is 3.00. The van der Waals surface area contributed by atoms with E-state index in [0.717, 1.165) is 68.9 Å². The van der Waals surface area contributed by atoms with Crippen LogP contribution in [0.15, 0.2) is 18.2 Å². The summed E-state index contributed by atoms with van der Waals surface area (Å²) in [5.41, 5.74) is 2.94. The van der Waals surface area contributed by atoms with E-state index in [-0.39, 0.29) is 10.8 Å². The third-order valence-electron chi connectivity index (χ3n) is 5.53. The van der Waals surface area contributed by atoms with Crippen LogP contribution < -0.4 is 15.1 Å². The average molecular weight is 344 g/mol. The number of hydrogen-bond donors (Lipinski definition) is 1. The monoisotopic (exact) mass is 344 g/mol. The van der Waals surface area contributed by atoms with E-state index in [1.54, 1.807) is 0 Å². The number of carbonyl (C=O) groups is 1. The molecule has 3 aliphatic rings. The highest BCUT2D eigenvalue weighted by Gasteiger charge is 2.53. The molecule has 1 saturated carbocycles. The Hall–Kier alpha value is -2.31. The minimum atomic E-state index is -0.714. The predicted molar refractivity (Wildman–Crippen MR) is 96.9 cm³/mol. The fourth-order valence-electron chi connectivity index (χ4n) is 4.01. The number of rotatable bonds is 5. The minimum Gasteiger partial charge on any atom is -0.370 e. The van der Waals surface area contributed by atoms with Gasteiger partial charge in [0.1, 0.15) is 5.92 Å². The van der Waals surface area contributed by atoms with Crippen LogP contribution in [0.5, 0.6) is 0 Å². The molecule has 4 rings (SSSR count). The maximum Gasteiger partial charge on any atom is 0.234 e. The van der Waals surface area contributed by atoms with Crippen molar-refractivity contribution >= 4 is 23.0 Å². The van der Waals surface area contributed by atoms with E-state index >= 15 is 0 Å². The molecule has 3 fully saturated rings. The molecule has 0 spiro atoms. The Bertz CT molecular complexity index is 647. The second kappa shape index (κ2) is 6.54. The molecule has 2 atom stereocenters. The van der Waals surface area contributed by atoms with E-state index < -0.39 is 12.0 Å². The van der Waals surface area contributed by atoms with Crippen LogP contribution in [0.2, 0.25) is 0 Å². The lowest BCUT2D eigenvalue weighted by molar-refractivity contribution is -0.497. The summed E-state index contributed by atoms with van der Waals surface area (Å²) >= 11 is 0. The normalized spacial score (nSPS) is 25.3. The minimum absolute atomic E-state index is 0.214. The van der Waals surface area contributed by atoms with Crippen LogP contribution in [0.4, 0.5) is 17.1 Å². The van der Waals surface area contributed by atoms with Crippen LogP contribution in [-0.2, 0) is 4.79 Å². The highest BCUT2D eigenvalue weighted by atomic mass is 16.6. The quantitative estimate of drug-likeness (QED) is 0.656. The Morgan fingerprint density at radius 2 is 1.56 bits per heavy atom. The van der Waals surface area contributed by atoms with Gasteiger partial charge < -0.3 is 15.1 Å². The first-order valence-corrected chi connectivity index (χ1v) is 9.22. The van der Waals surface area contributed by atoms with E-state index in [1.807, 2.05) is 6.07 Å². The Morgan fingerprint density at radius 1 is 1.04 bits per heavy atom. The van der Waals surface area contributed by atoms with Crippen LogP contribution in [0.1, 0.15) is 32.1 Å². The van der Waals surface area contributed by atoms with Crippen molar-refractivity contribution in [3.63, 3.8) is 0 Å². The molecule has 134 valence electrons. The van der Waals surface area contributed by atoms with E-state index in [9.17, 15) is 14.9 Å². The standard InChI is InChI=1S/C18H24N4O3/c23-18(13-12-16(13)22(24)25)19-17-14(20-8-1-2-9-20)6-5-7-15(17)21-10-3-4-11-21/h5-7,13,16H,1-4,8-12H2,(H,19,23). The molecular formula is C18H24N4O3. The van der Waals surface area contributed by atoms with Gasteiger partial charge in [-0.05, 0) is 37.8 Å². The van der Waals surface area contributed by atoms with Gasteiger partial charge in [-0.15, -0.1) is 0 Å². The van der Waals surface area contributed by atoms with Gasteiger partial charge in [-0.25, -0.2) is 0 Å². The molecule has 2 saturated heterocycles. The molecule has 1 aromatic rings. The number of nitrogens with zero attached hydrogens (tertiary/aromatic N) is 3. The molecule has 2 aliphatic heterocycles. The molecule has 0 bridgehead atoms. The predicted octanol–water partition coefficient (Wildman–Crippen LogP) is 2.49. The summed E-state index contributed by atoms with van der Waals surface area (Å²) < 4.78 is 0. The number of para-hydroxylation sites is 1. The summed E-state index contributed by atoms with van der Waals surface area (Å²) in [6, 6.07) is 5.44. The van der Waals surface area contributed by atoms with E-state index in [4.69, 9.17) is 0 Å². The Balaban J connectivity index is 1.62. The number of benzene rings is 1. The summed E-state index contributed by atoms with van der Waals surface area (Å²) in [6.07, 6.45) is 4.99. The highest BCUT2D eigenvalue weighted by Crippen LogP contribution is 2.41. The zero-order valence-corrected chi connectivity index (χ0v) is 14.3. The molecule has 1 N–H and O–H groups in total. The number of anilines is 3. The van der Waals surface area contributed by atoms with Gasteiger partial charge in [0.25, 0.3) is 0 Å². The van der Waals surface area contributed by atoms with Gasteiger partial charge in [-0.1, -0.05) is 6.07 Å². The van der Waals surface area contributed by atoms with Gasteiger partial charge in [0.2, 0.25) is 11.9 Å². The van der Waals surface area contributed by atoms with Gasteiger partial charge >= 0.3 is 0 Å². The molecule has 2 heterocycles. The summed E-state index contributed by atoms with van der Waals surface area (Å²) in [5.74, 6) is -0.707. The zero-order valence-electron chi connectivity index (χ0n) is 14.3. The second-order valence-corrected chi connectivity index (χ2v) is 7.24. The second-order valence-electron chi connectivity index (χ2n) is 7.24. The van der Waals surface area contributed by atoms with Gasteiger partial charge in [-0.2, -0.15) is 0 Å². The Kier molecular flexibility index (Phi) is 4.23. The van der Waals surface area contributed by atoms with Crippen molar-refractivity contribution in [3.8, 4) is 0 Å². The molecule has 7 nitrogen and oxygen atoms in total. The van der Waals surface area contributed by atoms with Crippen molar-refractivity contribution in [2.45, 2.75) is 38.1 Å². The topological polar surface area (TPSA) is 78.7 Å². The van der Waals surface area contributed by atoms with Crippen molar-refractivity contribution in [1.29, 1.82) is 0 Å². The summed E-state index contributed by atoms with van der Waals surface area (Å²) in [6.45, 7) is 3.97. The molecule has 2 unspecified atom stereocenters. The maximum absolute atomic E-state index is 12.6. The summed E-state index contributed by atoms with van der Waals surface area (Å²) in [7, 11) is 0. The lowest BCUT2D eigenvalue weighted by atomic mass is 10.1. The first-order valence-electron chi connectivity index (χ1n) is 9.22. The molecule has 1 amide bonds. The first-order chi connectivity index (χ1) is 12.1. The lowest BCUT2D eigenvalue weighted by Crippen LogP contribution is -2.26. The fraction of sp³-hybridized carbons (Fsp3) is 0.611. The van der Waals surface area contributed by atoms with E-state index in [2.05, 4.69) is 27.2 Å². The van der Waals surface area contributed by atoms with Gasteiger partial charge in [0.15, 0.2) is 0 Å². The molecule has 0 aromatic heterocycles. The van der Waals surface area contributed by atoms with Crippen molar-refractivity contribution in [3.05, 3.63) is 28.3 Å². The molecule has 7 heteroatoms. The number of nitrogens with one attached hydrogen (secondary N) is 1. The van der Waals surface area contributed by atoms with Crippen LogP contribution in [0.25, 0.3) is 0 Å². The molecule has 1 aliphatic carbocycles. The van der Waals surface area contributed by atoms with E-state index in [1.165, 1.54) is 0 Å². The summed E-state index contributed by atoms with van der Waals surface area (Å²) in [5, 5.41) is 13.9. The van der Waals surface area contributed by atoms with Crippen LogP contribution in [0.3, 0.4) is 0 Å². The van der Waals surface area contributed by atoms with Crippen molar-refractivity contribution in [2.75, 3.05) is 41.3 Å². The van der Waals surface area contributed by atoms with Crippen molar-refractivity contribution in [1.82, 2.24) is 0 Å². The SMILES string of the molecule is O=C(Nc1c(N2CCCC2)cccc1N1CCCC1)C1CC1[N+](=O)[O-]. The smallest absolute Gasteiger partial charge is 0.234 e. The number of amides is 1. The Morgan fingerprint density at radius 3 is 2.00 bits per heavy atom.